The molecule has 4 heteroatoms. The van der Waals surface area contributed by atoms with Gasteiger partial charge in [-0.25, -0.2) is 0 Å². The number of hydrogen-bond donors (Lipinski definition) is 2. The third kappa shape index (κ3) is 5.82. The molecular formula is C21H35N3O. The lowest BCUT2D eigenvalue weighted by molar-refractivity contribution is -0.123. The highest BCUT2D eigenvalue weighted by molar-refractivity contribution is 5.81. The molecule has 2 rings (SSSR count). The number of nitrogens with one attached hydrogen (secondary N) is 1. The summed E-state index contributed by atoms with van der Waals surface area (Å²) in [4.78, 5) is 14.7. The van der Waals surface area contributed by atoms with Gasteiger partial charge in [0.1, 0.15) is 0 Å². The summed E-state index contributed by atoms with van der Waals surface area (Å²) >= 11 is 0. The molecule has 4 nitrogen and oxygen atoms in total. The van der Waals surface area contributed by atoms with Crippen molar-refractivity contribution in [1.29, 1.82) is 0 Å². The third-order valence-corrected chi connectivity index (χ3v) is 5.75. The second kappa shape index (κ2) is 9.93. The molecule has 1 saturated carbocycles. The second-order valence-corrected chi connectivity index (χ2v) is 7.60. The number of benzene rings is 1. The van der Waals surface area contributed by atoms with Gasteiger partial charge in [0.2, 0.25) is 5.91 Å². The SMILES string of the molecule is CCC(C)C(N)C(=O)NCc1ccccc1CN(C)C1CCCCC1. The predicted octanol–water partition coefficient (Wildman–Crippen LogP) is 3.44. The minimum Gasteiger partial charge on any atom is -0.351 e. The van der Waals surface area contributed by atoms with Crippen LogP contribution in [0, 0.1) is 5.92 Å². The van der Waals surface area contributed by atoms with Crippen molar-refractivity contribution in [3.8, 4) is 0 Å². The van der Waals surface area contributed by atoms with Crippen LogP contribution in [-0.4, -0.2) is 29.9 Å². The van der Waals surface area contributed by atoms with Crippen molar-refractivity contribution < 1.29 is 4.79 Å². The number of amides is 1. The van der Waals surface area contributed by atoms with Crippen molar-refractivity contribution in [2.45, 2.75) is 77.5 Å². The summed E-state index contributed by atoms with van der Waals surface area (Å²) in [5.74, 6) is 0.150. The molecule has 0 radical (unpaired) electrons. The van der Waals surface area contributed by atoms with Crippen molar-refractivity contribution in [1.82, 2.24) is 10.2 Å². The molecule has 1 amide bonds. The molecule has 0 aliphatic heterocycles. The van der Waals surface area contributed by atoms with Gasteiger partial charge in [0.15, 0.2) is 0 Å². The van der Waals surface area contributed by atoms with Gasteiger partial charge in [-0.15, -0.1) is 0 Å². The Bertz CT molecular complexity index is 540. The first kappa shape index (κ1) is 19.9. The molecule has 0 heterocycles. The lowest BCUT2D eigenvalue weighted by Gasteiger charge is -2.31. The fourth-order valence-electron chi connectivity index (χ4n) is 3.62. The van der Waals surface area contributed by atoms with E-state index in [0.29, 0.717) is 12.6 Å². The average Bonchev–Trinajstić information content (AvgIpc) is 2.66. The Labute approximate surface area is 153 Å². The van der Waals surface area contributed by atoms with Crippen molar-refractivity contribution >= 4 is 5.91 Å². The molecule has 140 valence electrons. The van der Waals surface area contributed by atoms with Crippen LogP contribution in [-0.2, 0) is 17.9 Å². The fourth-order valence-corrected chi connectivity index (χ4v) is 3.62. The molecule has 0 aromatic heterocycles. The highest BCUT2D eigenvalue weighted by Crippen LogP contribution is 2.23. The standard InChI is InChI=1S/C21H35N3O/c1-4-16(2)20(22)21(25)23-14-17-10-8-9-11-18(17)15-24(3)19-12-6-5-7-13-19/h8-11,16,19-20H,4-7,12-15,22H2,1-3H3,(H,23,25). The van der Waals surface area contributed by atoms with Crippen LogP contribution in [0.3, 0.4) is 0 Å². The molecule has 3 N–H and O–H groups in total. The van der Waals surface area contributed by atoms with E-state index in [0.717, 1.165) is 13.0 Å². The quantitative estimate of drug-likeness (QED) is 0.759. The summed E-state index contributed by atoms with van der Waals surface area (Å²) in [5.41, 5.74) is 8.52. The fraction of sp³-hybridized carbons (Fsp3) is 0.667. The molecule has 1 fully saturated rings. The van der Waals surface area contributed by atoms with E-state index in [2.05, 4.69) is 42.4 Å². The molecule has 1 aliphatic carbocycles. The maximum atomic E-state index is 12.3. The summed E-state index contributed by atoms with van der Waals surface area (Å²) in [6.07, 6.45) is 7.60. The lowest BCUT2D eigenvalue weighted by atomic mass is 9.94. The van der Waals surface area contributed by atoms with E-state index in [9.17, 15) is 4.79 Å². The van der Waals surface area contributed by atoms with Gasteiger partial charge in [0.25, 0.3) is 0 Å². The molecule has 25 heavy (non-hydrogen) atoms. The van der Waals surface area contributed by atoms with Crippen LogP contribution in [0.25, 0.3) is 0 Å². The zero-order valence-corrected chi connectivity index (χ0v) is 16.1. The van der Waals surface area contributed by atoms with E-state index in [1.807, 2.05) is 13.0 Å². The third-order valence-electron chi connectivity index (χ3n) is 5.75. The highest BCUT2D eigenvalue weighted by atomic mass is 16.2. The molecule has 1 aliphatic rings. The summed E-state index contributed by atoms with van der Waals surface area (Å²) < 4.78 is 0. The van der Waals surface area contributed by atoms with Crippen LogP contribution in [0.4, 0.5) is 0 Å². The maximum Gasteiger partial charge on any atom is 0.237 e. The van der Waals surface area contributed by atoms with Gasteiger partial charge in [-0.2, -0.15) is 0 Å². The van der Waals surface area contributed by atoms with Gasteiger partial charge in [-0.05, 0) is 36.9 Å². The van der Waals surface area contributed by atoms with Gasteiger partial charge in [0.05, 0.1) is 6.04 Å². The number of carbonyl (C=O) groups is 1. The lowest BCUT2D eigenvalue weighted by Crippen LogP contribution is -2.44. The van der Waals surface area contributed by atoms with Crippen LogP contribution >= 0.6 is 0 Å². The van der Waals surface area contributed by atoms with Crippen LogP contribution in [0.15, 0.2) is 24.3 Å². The normalized spacial score (nSPS) is 18.1. The Balaban J connectivity index is 1.94. The Morgan fingerprint density at radius 3 is 2.52 bits per heavy atom. The second-order valence-electron chi connectivity index (χ2n) is 7.60. The zero-order valence-electron chi connectivity index (χ0n) is 16.1. The summed E-state index contributed by atoms with van der Waals surface area (Å²) in [7, 11) is 2.23. The molecule has 2 unspecified atom stereocenters. The molecule has 2 atom stereocenters. The summed E-state index contributed by atoms with van der Waals surface area (Å²) in [6.45, 7) is 5.58. The van der Waals surface area contributed by atoms with E-state index < -0.39 is 6.04 Å². The van der Waals surface area contributed by atoms with Crippen LogP contribution in [0.2, 0.25) is 0 Å². The van der Waals surface area contributed by atoms with Crippen molar-refractivity contribution in [2.75, 3.05) is 7.05 Å². The molecule has 1 aromatic carbocycles. The van der Waals surface area contributed by atoms with Gasteiger partial charge in [0, 0.05) is 19.1 Å². The number of hydrogen-bond acceptors (Lipinski definition) is 3. The largest absolute Gasteiger partial charge is 0.351 e. The number of rotatable bonds is 8. The first-order valence-electron chi connectivity index (χ1n) is 9.83. The average molecular weight is 346 g/mol. The molecular weight excluding hydrogens is 310 g/mol. The first-order valence-corrected chi connectivity index (χ1v) is 9.83. The van der Waals surface area contributed by atoms with Gasteiger partial charge in [-0.3, -0.25) is 9.69 Å². The predicted molar refractivity (Wildman–Crippen MR) is 104 cm³/mol. The van der Waals surface area contributed by atoms with Gasteiger partial charge in [-0.1, -0.05) is 63.8 Å². The van der Waals surface area contributed by atoms with Crippen molar-refractivity contribution in [3.63, 3.8) is 0 Å². The van der Waals surface area contributed by atoms with Crippen LogP contribution in [0.5, 0.6) is 0 Å². The molecule has 0 bridgehead atoms. The number of carbonyl (C=O) groups excluding carboxylic acids is 1. The number of nitrogens with zero attached hydrogens (tertiary/aromatic N) is 1. The van der Waals surface area contributed by atoms with E-state index in [1.165, 1.54) is 43.2 Å². The minimum atomic E-state index is -0.429. The minimum absolute atomic E-state index is 0.0511. The topological polar surface area (TPSA) is 58.4 Å². The monoisotopic (exact) mass is 345 g/mol. The van der Waals surface area contributed by atoms with Gasteiger partial charge >= 0.3 is 0 Å². The smallest absolute Gasteiger partial charge is 0.237 e. The van der Waals surface area contributed by atoms with E-state index in [4.69, 9.17) is 5.73 Å². The molecule has 1 aromatic rings. The first-order chi connectivity index (χ1) is 12.0. The van der Waals surface area contributed by atoms with Crippen LogP contribution in [0.1, 0.15) is 63.5 Å². The van der Waals surface area contributed by atoms with Crippen molar-refractivity contribution in [3.05, 3.63) is 35.4 Å². The highest BCUT2D eigenvalue weighted by Gasteiger charge is 2.20. The van der Waals surface area contributed by atoms with Gasteiger partial charge < -0.3 is 11.1 Å². The number of nitrogens with two attached hydrogens (primary N) is 1. The molecule has 0 spiro atoms. The Hall–Kier alpha value is -1.39. The zero-order chi connectivity index (χ0) is 18.2. The van der Waals surface area contributed by atoms with Crippen molar-refractivity contribution in [2.24, 2.45) is 11.7 Å². The van der Waals surface area contributed by atoms with E-state index in [1.54, 1.807) is 0 Å². The van der Waals surface area contributed by atoms with E-state index in [-0.39, 0.29) is 11.8 Å². The van der Waals surface area contributed by atoms with E-state index >= 15 is 0 Å². The Kier molecular flexibility index (Phi) is 7.91. The Morgan fingerprint density at radius 1 is 1.24 bits per heavy atom. The molecule has 0 saturated heterocycles. The van der Waals surface area contributed by atoms with Crippen LogP contribution < -0.4 is 11.1 Å². The maximum absolute atomic E-state index is 12.3. The summed E-state index contributed by atoms with van der Waals surface area (Å²) in [5, 5.41) is 3.02. The Morgan fingerprint density at radius 2 is 1.88 bits per heavy atom. The summed E-state index contributed by atoms with van der Waals surface area (Å²) in [6, 6.07) is 8.67.